The van der Waals surface area contributed by atoms with Crippen LogP contribution in [-0.4, -0.2) is 50.3 Å². The smallest absolute Gasteiger partial charge is 0.249 e. The van der Waals surface area contributed by atoms with Crippen LogP contribution in [-0.2, 0) is 22.6 Å². The van der Waals surface area contributed by atoms with Crippen LogP contribution >= 0.6 is 11.8 Å². The fourth-order valence-corrected chi connectivity index (χ4v) is 5.48. The maximum atomic E-state index is 13.9. The molecule has 1 aliphatic rings. The third-order valence-electron chi connectivity index (χ3n) is 6.91. The van der Waals surface area contributed by atoms with Gasteiger partial charge in [0.1, 0.15) is 6.04 Å². The molecular formula is C30H33N7O2S. The Bertz CT molecular complexity index is 1500. The zero-order chi connectivity index (χ0) is 28.3. The van der Waals surface area contributed by atoms with Crippen LogP contribution in [0.15, 0.2) is 71.6 Å². The van der Waals surface area contributed by atoms with Crippen LogP contribution in [0.2, 0.25) is 0 Å². The van der Waals surface area contributed by atoms with Gasteiger partial charge in [0.05, 0.1) is 6.54 Å². The van der Waals surface area contributed by atoms with Crippen molar-refractivity contribution in [2.45, 2.75) is 56.1 Å². The molecule has 2 heterocycles. The number of thioether (sulfide) groups is 1. The predicted molar refractivity (Wildman–Crippen MR) is 158 cm³/mol. The first-order valence-corrected chi connectivity index (χ1v) is 14.4. The average Bonchev–Trinajstić information content (AvgIpc) is 3.44. The van der Waals surface area contributed by atoms with E-state index in [-0.39, 0.29) is 18.2 Å². The molecule has 1 aromatic heterocycles. The molecule has 0 saturated carbocycles. The summed E-state index contributed by atoms with van der Waals surface area (Å²) in [5, 5.41) is 17.4. The van der Waals surface area contributed by atoms with Crippen LogP contribution in [0.5, 0.6) is 0 Å². The van der Waals surface area contributed by atoms with Crippen LogP contribution in [0.3, 0.4) is 0 Å². The molecule has 2 amide bonds. The number of fused-ring (bicyclic) bond motifs is 1. The van der Waals surface area contributed by atoms with Gasteiger partial charge < -0.3 is 16.0 Å². The first-order chi connectivity index (χ1) is 19.2. The number of hydrogen-bond acceptors (Lipinski definition) is 7. The van der Waals surface area contributed by atoms with Gasteiger partial charge in [-0.1, -0.05) is 48.5 Å². The number of aryl methyl sites for hydroxylation is 1. The quantitative estimate of drug-likeness (QED) is 0.276. The zero-order valence-electron chi connectivity index (χ0n) is 22.8. The summed E-state index contributed by atoms with van der Waals surface area (Å²) in [4.78, 5) is 29.6. The van der Waals surface area contributed by atoms with Crippen LogP contribution in [0, 0.1) is 0 Å². The Kier molecular flexibility index (Phi) is 7.99. The van der Waals surface area contributed by atoms with E-state index in [0.29, 0.717) is 25.2 Å². The highest BCUT2D eigenvalue weighted by atomic mass is 32.2. The number of benzene rings is 3. The van der Waals surface area contributed by atoms with Crippen molar-refractivity contribution < 1.29 is 9.59 Å². The van der Waals surface area contributed by atoms with Crippen molar-refractivity contribution in [1.29, 1.82) is 0 Å². The van der Waals surface area contributed by atoms with E-state index >= 15 is 0 Å². The van der Waals surface area contributed by atoms with Gasteiger partial charge in [0, 0.05) is 28.1 Å². The Labute approximate surface area is 237 Å². The second-order valence-corrected chi connectivity index (χ2v) is 11.6. The third-order valence-corrected chi connectivity index (χ3v) is 7.64. The summed E-state index contributed by atoms with van der Waals surface area (Å²) >= 11 is 1.67. The molecule has 4 aromatic rings. The Morgan fingerprint density at radius 2 is 1.88 bits per heavy atom. The maximum Gasteiger partial charge on any atom is 0.249 e. The average molecular weight is 556 g/mol. The maximum absolute atomic E-state index is 13.9. The van der Waals surface area contributed by atoms with Gasteiger partial charge in [-0.25, -0.2) is 0 Å². The lowest BCUT2D eigenvalue weighted by molar-refractivity contribution is -0.128. The summed E-state index contributed by atoms with van der Waals surface area (Å²) in [6, 6.07) is 21.6. The molecule has 5 rings (SSSR count). The van der Waals surface area contributed by atoms with E-state index in [1.165, 1.54) is 0 Å². The summed E-state index contributed by atoms with van der Waals surface area (Å²) in [6.45, 7) is 3.99. The molecule has 0 saturated heterocycles. The van der Waals surface area contributed by atoms with Crippen LogP contribution in [0.25, 0.3) is 22.5 Å². The monoisotopic (exact) mass is 555 g/mol. The minimum atomic E-state index is -0.655. The molecule has 9 nitrogen and oxygen atoms in total. The first kappa shape index (κ1) is 27.5. The Balaban J connectivity index is 1.43. The van der Waals surface area contributed by atoms with Crippen molar-refractivity contribution in [1.82, 2.24) is 25.9 Å². The number of carbonyl (C=O) groups is 2. The molecular weight excluding hydrogens is 522 g/mol. The molecule has 3 aromatic carbocycles. The minimum absolute atomic E-state index is 0.120. The van der Waals surface area contributed by atoms with Crippen LogP contribution in [0.1, 0.15) is 37.8 Å². The van der Waals surface area contributed by atoms with Gasteiger partial charge >= 0.3 is 0 Å². The second-order valence-electron chi connectivity index (χ2n) is 10.7. The van der Waals surface area contributed by atoms with Crippen molar-refractivity contribution >= 4 is 29.3 Å². The van der Waals surface area contributed by atoms with E-state index in [9.17, 15) is 9.59 Å². The van der Waals surface area contributed by atoms with E-state index < -0.39 is 11.6 Å². The summed E-state index contributed by atoms with van der Waals surface area (Å²) in [5.74, 6) is 0.193. The first-order valence-electron chi connectivity index (χ1n) is 13.2. The molecule has 1 atom stereocenters. The van der Waals surface area contributed by atoms with Crippen LogP contribution in [0.4, 0.5) is 5.69 Å². The highest BCUT2D eigenvalue weighted by Crippen LogP contribution is 2.33. The van der Waals surface area contributed by atoms with Gasteiger partial charge in [0.2, 0.25) is 17.6 Å². The molecule has 206 valence electrons. The molecule has 4 N–H and O–H groups in total. The number of amides is 2. The molecule has 0 aliphatic carbocycles. The molecule has 0 radical (unpaired) electrons. The number of nitrogens with one attached hydrogen (secondary N) is 2. The number of anilines is 1. The standard InChI is InChI=1S/C30H33N7O2S/c1-30(2,31)17-27(38)32-25-14-12-21-16-22(40-3)13-15-26(21)37(29(25)39)18-19-8-10-20(11-9-19)23-6-4-5-7-24(23)28-33-35-36-34-28/h4-11,13,15-16,25H,12,14,17-18,31H2,1-3H3,(H,32,38)(H,33,34,35,36)/t25-/m1/s1. The van der Waals surface area contributed by atoms with Crippen molar-refractivity contribution in [3.05, 3.63) is 77.9 Å². The fraction of sp³-hybridized carbons (Fsp3) is 0.300. The van der Waals surface area contributed by atoms with Gasteiger partial charge in [-0.05, 0) is 78.6 Å². The number of tetrazole rings is 1. The Hall–Kier alpha value is -4.02. The highest BCUT2D eigenvalue weighted by Gasteiger charge is 2.32. The number of hydrogen-bond donors (Lipinski definition) is 3. The normalized spacial score (nSPS) is 15.4. The number of H-pyrrole nitrogens is 1. The molecule has 1 aliphatic heterocycles. The summed E-state index contributed by atoms with van der Waals surface area (Å²) in [6.07, 6.45) is 3.40. The topological polar surface area (TPSA) is 130 Å². The number of rotatable bonds is 8. The summed E-state index contributed by atoms with van der Waals surface area (Å²) in [7, 11) is 0. The van der Waals surface area contributed by atoms with E-state index in [0.717, 1.165) is 38.4 Å². The fourth-order valence-electron chi connectivity index (χ4n) is 5.02. The molecule has 0 spiro atoms. The number of nitrogens with zero attached hydrogens (tertiary/aromatic N) is 4. The van der Waals surface area contributed by atoms with E-state index in [1.54, 1.807) is 30.5 Å². The molecule has 0 unspecified atom stereocenters. The van der Waals surface area contributed by atoms with Gasteiger partial charge in [-0.2, -0.15) is 5.21 Å². The van der Waals surface area contributed by atoms with E-state index in [1.807, 2.05) is 66.9 Å². The van der Waals surface area contributed by atoms with Gasteiger partial charge in [0.15, 0.2) is 0 Å². The third kappa shape index (κ3) is 6.24. The summed E-state index contributed by atoms with van der Waals surface area (Å²) < 4.78 is 0. The van der Waals surface area contributed by atoms with Crippen molar-refractivity contribution in [3.8, 4) is 22.5 Å². The lowest BCUT2D eigenvalue weighted by atomic mass is 9.98. The molecule has 40 heavy (non-hydrogen) atoms. The SMILES string of the molecule is CSc1ccc2c(c1)CC[C@@H](NC(=O)CC(C)(C)N)C(=O)N2Cc1ccc(-c2ccccc2-c2nn[nH]n2)cc1. The van der Waals surface area contributed by atoms with Crippen molar-refractivity contribution in [3.63, 3.8) is 0 Å². The van der Waals surface area contributed by atoms with Crippen molar-refractivity contribution in [2.75, 3.05) is 11.2 Å². The summed E-state index contributed by atoms with van der Waals surface area (Å²) in [5.41, 5.74) is 11.2. The lowest BCUT2D eigenvalue weighted by Gasteiger charge is -2.27. The van der Waals surface area contributed by atoms with Gasteiger partial charge in [-0.15, -0.1) is 22.0 Å². The van der Waals surface area contributed by atoms with E-state index in [4.69, 9.17) is 5.73 Å². The highest BCUT2D eigenvalue weighted by molar-refractivity contribution is 7.98. The van der Waals surface area contributed by atoms with Crippen molar-refractivity contribution in [2.24, 2.45) is 5.73 Å². The minimum Gasteiger partial charge on any atom is -0.344 e. The van der Waals surface area contributed by atoms with E-state index in [2.05, 4.69) is 32.0 Å². The lowest BCUT2D eigenvalue weighted by Crippen LogP contribution is -2.49. The zero-order valence-corrected chi connectivity index (χ0v) is 23.7. The van der Waals surface area contributed by atoms with Gasteiger partial charge in [0.25, 0.3) is 0 Å². The largest absolute Gasteiger partial charge is 0.344 e. The van der Waals surface area contributed by atoms with Crippen LogP contribution < -0.4 is 16.0 Å². The number of carbonyl (C=O) groups excluding carboxylic acids is 2. The predicted octanol–water partition coefficient (Wildman–Crippen LogP) is 4.35. The number of aromatic amines is 1. The van der Waals surface area contributed by atoms with Gasteiger partial charge in [-0.3, -0.25) is 9.59 Å². The number of aromatic nitrogens is 4. The Morgan fingerprint density at radius 3 is 2.55 bits per heavy atom. The second kappa shape index (κ2) is 11.6. The molecule has 10 heteroatoms. The molecule has 0 fully saturated rings. The Morgan fingerprint density at radius 1 is 1.12 bits per heavy atom. The number of nitrogens with two attached hydrogens (primary N) is 1. The molecule has 0 bridgehead atoms.